The van der Waals surface area contributed by atoms with E-state index >= 15 is 0 Å². The Morgan fingerprint density at radius 3 is 2.69 bits per heavy atom. The second-order valence-electron chi connectivity index (χ2n) is 7.99. The van der Waals surface area contributed by atoms with Crippen molar-refractivity contribution in [3.8, 4) is 23.1 Å². The monoisotopic (exact) mass is 433 g/mol. The van der Waals surface area contributed by atoms with Gasteiger partial charge < -0.3 is 18.8 Å². The molecular formula is C25H27N3O4. The Balaban J connectivity index is 1.79. The minimum absolute atomic E-state index is 0.130. The van der Waals surface area contributed by atoms with E-state index in [4.69, 9.17) is 14.2 Å². The number of nitrogens with one attached hydrogen (secondary N) is 1. The summed E-state index contributed by atoms with van der Waals surface area (Å²) < 4.78 is 18.7. The topological polar surface area (TPSA) is 85.5 Å². The van der Waals surface area contributed by atoms with Crippen LogP contribution in [0, 0.1) is 11.3 Å². The highest BCUT2D eigenvalue weighted by Gasteiger charge is 2.27. The predicted octanol–water partition coefficient (Wildman–Crippen LogP) is 5.50. The van der Waals surface area contributed by atoms with Crippen LogP contribution in [0.2, 0.25) is 0 Å². The smallest absolute Gasteiger partial charge is 0.411 e. The van der Waals surface area contributed by atoms with Crippen molar-refractivity contribution in [1.82, 2.24) is 4.57 Å². The third-order valence-corrected chi connectivity index (χ3v) is 5.42. The van der Waals surface area contributed by atoms with Gasteiger partial charge in [-0.15, -0.1) is 0 Å². The second-order valence-corrected chi connectivity index (χ2v) is 7.99. The molecule has 3 aromatic rings. The van der Waals surface area contributed by atoms with Crippen LogP contribution in [0.5, 0.6) is 5.75 Å². The number of hydrogen-bond donors (Lipinski definition) is 1. The molecule has 2 heterocycles. The average Bonchev–Trinajstić information content (AvgIpc) is 3.39. The Labute approximate surface area is 187 Å². The highest BCUT2D eigenvalue weighted by molar-refractivity contribution is 5.96. The van der Waals surface area contributed by atoms with Gasteiger partial charge in [0.05, 0.1) is 42.1 Å². The molecule has 0 aliphatic carbocycles. The van der Waals surface area contributed by atoms with Crippen molar-refractivity contribution in [2.75, 3.05) is 25.1 Å². The summed E-state index contributed by atoms with van der Waals surface area (Å²) in [6.45, 7) is 7.42. The lowest BCUT2D eigenvalue weighted by molar-refractivity contribution is 0.130. The van der Waals surface area contributed by atoms with Gasteiger partial charge in [-0.25, -0.2) is 4.79 Å². The van der Waals surface area contributed by atoms with Gasteiger partial charge in [0.25, 0.3) is 0 Å². The van der Waals surface area contributed by atoms with Gasteiger partial charge in [0, 0.05) is 23.7 Å². The number of benzene rings is 2. The number of aromatic nitrogens is 1. The molecule has 1 aliphatic heterocycles. The van der Waals surface area contributed by atoms with Crippen LogP contribution in [-0.4, -0.2) is 36.6 Å². The van der Waals surface area contributed by atoms with Crippen LogP contribution in [0.4, 0.5) is 10.5 Å². The third-order valence-electron chi connectivity index (χ3n) is 5.42. The number of fused-ring (bicyclic) bond motifs is 1. The zero-order valence-corrected chi connectivity index (χ0v) is 18.6. The molecule has 32 heavy (non-hydrogen) atoms. The van der Waals surface area contributed by atoms with E-state index in [9.17, 15) is 10.1 Å². The van der Waals surface area contributed by atoms with Gasteiger partial charge >= 0.3 is 6.09 Å². The van der Waals surface area contributed by atoms with Gasteiger partial charge in [-0.2, -0.15) is 5.26 Å². The first-order valence-electron chi connectivity index (χ1n) is 10.9. The number of anilines is 1. The Morgan fingerprint density at radius 2 is 2.06 bits per heavy atom. The van der Waals surface area contributed by atoms with Gasteiger partial charge in [0.1, 0.15) is 11.8 Å². The Hall–Kier alpha value is -3.50. The maximum Gasteiger partial charge on any atom is 0.411 e. The molecule has 166 valence electrons. The SMILES string of the molecule is CCOc1ccc2c(C#N)c(-c3ccc(NC(=O)OC(C)C)cc3)n(C3CCOC3)c2c1. The molecule has 1 saturated heterocycles. The summed E-state index contributed by atoms with van der Waals surface area (Å²) in [6.07, 6.45) is 0.186. The maximum atomic E-state index is 11.9. The lowest BCUT2D eigenvalue weighted by Gasteiger charge is -2.18. The number of nitriles is 1. The number of amides is 1. The van der Waals surface area contributed by atoms with Gasteiger partial charge in [-0.3, -0.25) is 5.32 Å². The summed E-state index contributed by atoms with van der Waals surface area (Å²) >= 11 is 0. The van der Waals surface area contributed by atoms with Crippen molar-refractivity contribution in [2.45, 2.75) is 39.3 Å². The Bertz CT molecular complexity index is 1150. The molecule has 1 atom stereocenters. The predicted molar refractivity (Wildman–Crippen MR) is 123 cm³/mol. The van der Waals surface area contributed by atoms with Crippen molar-refractivity contribution in [1.29, 1.82) is 5.26 Å². The molecule has 0 bridgehead atoms. The first-order chi connectivity index (χ1) is 15.5. The fraction of sp³-hybridized carbons (Fsp3) is 0.360. The quantitative estimate of drug-likeness (QED) is 0.555. The number of ether oxygens (including phenoxy) is 3. The average molecular weight is 434 g/mol. The molecule has 7 heteroatoms. The lowest BCUT2D eigenvalue weighted by atomic mass is 10.1. The normalized spacial score (nSPS) is 15.7. The summed E-state index contributed by atoms with van der Waals surface area (Å²) in [4.78, 5) is 11.9. The summed E-state index contributed by atoms with van der Waals surface area (Å²) in [7, 11) is 0. The number of carbonyl (C=O) groups excluding carboxylic acids is 1. The van der Waals surface area contributed by atoms with E-state index in [1.165, 1.54) is 0 Å². The standard InChI is InChI=1S/C25H27N3O4/c1-4-31-20-9-10-21-22(14-26)24(28(23(21)13-20)19-11-12-30-15-19)17-5-7-18(8-6-17)27-25(29)32-16(2)3/h5-10,13,16,19H,4,11-12,15H2,1-3H3,(H,27,29). The van der Waals surface area contributed by atoms with Crippen molar-refractivity contribution in [3.05, 3.63) is 48.0 Å². The van der Waals surface area contributed by atoms with Gasteiger partial charge in [0.15, 0.2) is 0 Å². The van der Waals surface area contributed by atoms with Gasteiger partial charge in [-0.1, -0.05) is 12.1 Å². The van der Waals surface area contributed by atoms with Crippen LogP contribution in [0.15, 0.2) is 42.5 Å². The number of carbonyl (C=O) groups is 1. The van der Waals surface area contributed by atoms with Crippen LogP contribution in [-0.2, 0) is 9.47 Å². The molecule has 7 nitrogen and oxygen atoms in total. The van der Waals surface area contributed by atoms with E-state index in [1.54, 1.807) is 13.8 Å². The van der Waals surface area contributed by atoms with E-state index in [0.717, 1.165) is 34.3 Å². The van der Waals surface area contributed by atoms with Crippen molar-refractivity contribution in [2.24, 2.45) is 0 Å². The molecule has 0 saturated carbocycles. The summed E-state index contributed by atoms with van der Waals surface area (Å²) in [5, 5.41) is 13.7. The number of hydrogen-bond acceptors (Lipinski definition) is 5. The number of rotatable bonds is 6. The van der Waals surface area contributed by atoms with Gasteiger partial charge in [-0.05, 0) is 57.0 Å². The molecule has 1 unspecified atom stereocenters. The highest BCUT2D eigenvalue weighted by atomic mass is 16.6. The van der Waals surface area contributed by atoms with E-state index in [-0.39, 0.29) is 12.1 Å². The fourth-order valence-electron chi connectivity index (χ4n) is 4.12. The fourth-order valence-corrected chi connectivity index (χ4v) is 4.12. The lowest BCUT2D eigenvalue weighted by Crippen LogP contribution is -2.17. The van der Waals surface area contributed by atoms with Crippen LogP contribution >= 0.6 is 0 Å². The first kappa shape index (κ1) is 21.7. The molecule has 1 N–H and O–H groups in total. The molecule has 4 rings (SSSR count). The summed E-state index contributed by atoms with van der Waals surface area (Å²) in [5.41, 5.74) is 3.95. The summed E-state index contributed by atoms with van der Waals surface area (Å²) in [6, 6.07) is 15.8. The molecule has 1 aromatic heterocycles. The van der Waals surface area contributed by atoms with E-state index in [2.05, 4.69) is 16.0 Å². The number of nitrogens with zero attached hydrogens (tertiary/aromatic N) is 2. The largest absolute Gasteiger partial charge is 0.494 e. The second kappa shape index (κ2) is 9.33. The molecule has 0 radical (unpaired) electrons. The Kier molecular flexibility index (Phi) is 6.33. The van der Waals surface area contributed by atoms with Crippen molar-refractivity contribution >= 4 is 22.7 Å². The molecule has 1 aliphatic rings. The van der Waals surface area contributed by atoms with E-state index < -0.39 is 6.09 Å². The third kappa shape index (κ3) is 4.27. The summed E-state index contributed by atoms with van der Waals surface area (Å²) in [5.74, 6) is 0.775. The minimum Gasteiger partial charge on any atom is -0.494 e. The maximum absolute atomic E-state index is 11.9. The zero-order chi connectivity index (χ0) is 22.7. The van der Waals surface area contributed by atoms with Crippen LogP contribution in [0.25, 0.3) is 22.2 Å². The first-order valence-corrected chi connectivity index (χ1v) is 10.9. The highest BCUT2D eigenvalue weighted by Crippen LogP contribution is 2.39. The minimum atomic E-state index is -0.494. The van der Waals surface area contributed by atoms with Crippen LogP contribution < -0.4 is 10.1 Å². The van der Waals surface area contributed by atoms with E-state index in [0.29, 0.717) is 31.1 Å². The molecule has 1 amide bonds. The van der Waals surface area contributed by atoms with Crippen molar-refractivity contribution < 1.29 is 19.0 Å². The zero-order valence-electron chi connectivity index (χ0n) is 18.6. The molecule has 1 fully saturated rings. The molecular weight excluding hydrogens is 406 g/mol. The molecule has 0 spiro atoms. The molecule has 2 aromatic carbocycles. The van der Waals surface area contributed by atoms with Crippen molar-refractivity contribution in [3.63, 3.8) is 0 Å². The van der Waals surface area contributed by atoms with E-state index in [1.807, 2.05) is 49.4 Å². The van der Waals surface area contributed by atoms with Gasteiger partial charge in [0.2, 0.25) is 0 Å². The van der Waals surface area contributed by atoms with Crippen LogP contribution in [0.3, 0.4) is 0 Å². The van der Waals surface area contributed by atoms with Crippen LogP contribution in [0.1, 0.15) is 38.8 Å². The Morgan fingerprint density at radius 1 is 1.28 bits per heavy atom.